The topological polar surface area (TPSA) is 68.8 Å². The monoisotopic (exact) mass is 456 g/mol. The van der Waals surface area contributed by atoms with Crippen LogP contribution in [-0.2, 0) is 4.79 Å². The number of carbonyl (C=O) groups is 1. The molecule has 2 N–H and O–H groups in total. The maximum Gasteiger partial charge on any atom is 0.203 e. The molecular formula is C28H28N2O4. The van der Waals surface area contributed by atoms with Gasteiger partial charge in [0.05, 0.1) is 38.7 Å². The first-order valence-electron chi connectivity index (χ1n) is 11.4. The summed E-state index contributed by atoms with van der Waals surface area (Å²) in [6, 6.07) is 21.7. The van der Waals surface area contributed by atoms with Crippen molar-refractivity contribution in [3.05, 3.63) is 89.1 Å². The van der Waals surface area contributed by atoms with E-state index in [0.29, 0.717) is 23.7 Å². The van der Waals surface area contributed by atoms with Crippen molar-refractivity contribution in [3.63, 3.8) is 0 Å². The highest BCUT2D eigenvalue weighted by molar-refractivity contribution is 6.01. The number of Topliss-reactive ketones (excluding diaryl/α,β-unsaturated/α-hetero) is 1. The van der Waals surface area contributed by atoms with Crippen molar-refractivity contribution < 1.29 is 19.0 Å². The molecule has 1 aliphatic heterocycles. The van der Waals surface area contributed by atoms with Crippen LogP contribution in [0.5, 0.6) is 17.2 Å². The van der Waals surface area contributed by atoms with E-state index in [9.17, 15) is 4.79 Å². The minimum atomic E-state index is -0.371. The third-order valence-electron chi connectivity index (χ3n) is 6.60. The molecule has 0 spiro atoms. The zero-order valence-electron chi connectivity index (χ0n) is 19.6. The highest BCUT2D eigenvalue weighted by Gasteiger charge is 2.36. The minimum Gasteiger partial charge on any atom is -0.493 e. The van der Waals surface area contributed by atoms with Gasteiger partial charge in [0.1, 0.15) is 0 Å². The lowest BCUT2D eigenvalue weighted by Gasteiger charge is -2.30. The lowest BCUT2D eigenvalue weighted by molar-refractivity contribution is -0.116. The zero-order chi connectivity index (χ0) is 23.7. The fourth-order valence-electron chi connectivity index (χ4n) is 4.97. The third-order valence-corrected chi connectivity index (χ3v) is 6.60. The molecule has 3 aromatic carbocycles. The Morgan fingerprint density at radius 1 is 0.765 bits per heavy atom. The van der Waals surface area contributed by atoms with E-state index in [1.165, 1.54) is 5.56 Å². The number of carbonyl (C=O) groups excluding carboxylic acids is 1. The Labute approximate surface area is 199 Å². The summed E-state index contributed by atoms with van der Waals surface area (Å²) in [7, 11) is 4.78. The lowest BCUT2D eigenvalue weighted by Crippen LogP contribution is -2.27. The largest absolute Gasteiger partial charge is 0.493 e. The number of benzene rings is 3. The van der Waals surface area contributed by atoms with Gasteiger partial charge in [0.2, 0.25) is 5.75 Å². The summed E-state index contributed by atoms with van der Waals surface area (Å²) in [6.07, 6.45) is 1.21. The molecule has 1 aliphatic carbocycles. The Kier molecular flexibility index (Phi) is 5.88. The number of ketones is 1. The molecule has 2 atom stereocenters. The second kappa shape index (κ2) is 9.14. The van der Waals surface area contributed by atoms with Gasteiger partial charge in [0, 0.05) is 17.7 Å². The van der Waals surface area contributed by atoms with Gasteiger partial charge < -0.3 is 24.8 Å². The van der Waals surface area contributed by atoms with Crippen molar-refractivity contribution >= 4 is 17.2 Å². The number of para-hydroxylation sites is 2. The first kappa shape index (κ1) is 21.9. The van der Waals surface area contributed by atoms with Crippen LogP contribution in [0.1, 0.15) is 35.9 Å². The van der Waals surface area contributed by atoms with Gasteiger partial charge in [-0.1, -0.05) is 42.5 Å². The Balaban J connectivity index is 1.65. The molecular weight excluding hydrogens is 428 g/mol. The average Bonchev–Trinajstić information content (AvgIpc) is 3.05. The molecule has 0 saturated carbocycles. The van der Waals surface area contributed by atoms with Crippen LogP contribution in [-0.4, -0.2) is 27.1 Å². The van der Waals surface area contributed by atoms with E-state index >= 15 is 0 Å². The first-order valence-corrected chi connectivity index (χ1v) is 11.4. The van der Waals surface area contributed by atoms with E-state index in [1.54, 1.807) is 21.3 Å². The summed E-state index contributed by atoms with van der Waals surface area (Å²) >= 11 is 0. The van der Waals surface area contributed by atoms with Crippen LogP contribution >= 0.6 is 0 Å². The standard InChI is InChI=1S/C28H28N2O4/c1-32-24-15-19(16-25(33-2)28(24)34-3)27-26-22(29-20-11-7-8-12-21(20)30-27)13-18(14-23(26)31)17-9-5-4-6-10-17/h4-12,15-16,18,27,29-30H,13-14H2,1-3H3/t18-,27-/m0/s1. The van der Waals surface area contributed by atoms with Crippen LogP contribution in [0, 0.1) is 0 Å². The molecule has 6 heteroatoms. The van der Waals surface area contributed by atoms with E-state index in [1.807, 2.05) is 54.6 Å². The quantitative estimate of drug-likeness (QED) is 0.514. The fraction of sp³-hybridized carbons (Fsp3) is 0.250. The summed E-state index contributed by atoms with van der Waals surface area (Å²) in [5, 5.41) is 7.19. The van der Waals surface area contributed by atoms with E-state index < -0.39 is 0 Å². The van der Waals surface area contributed by atoms with Gasteiger partial charge in [0.25, 0.3) is 0 Å². The van der Waals surface area contributed by atoms with Crippen LogP contribution in [0.15, 0.2) is 78.0 Å². The van der Waals surface area contributed by atoms with Gasteiger partial charge in [-0.2, -0.15) is 0 Å². The van der Waals surface area contributed by atoms with Gasteiger partial charge in [-0.25, -0.2) is 0 Å². The van der Waals surface area contributed by atoms with E-state index in [-0.39, 0.29) is 17.7 Å². The smallest absolute Gasteiger partial charge is 0.203 e. The summed E-state index contributed by atoms with van der Waals surface area (Å²) < 4.78 is 16.7. The number of allylic oxidation sites excluding steroid dienone is 1. The van der Waals surface area contributed by atoms with Gasteiger partial charge in [-0.15, -0.1) is 0 Å². The molecule has 1 heterocycles. The molecule has 3 aromatic rings. The molecule has 0 amide bonds. The molecule has 5 rings (SSSR count). The maximum absolute atomic E-state index is 13.7. The van der Waals surface area contributed by atoms with E-state index in [0.717, 1.165) is 34.6 Å². The Hall–Kier alpha value is -3.93. The molecule has 6 nitrogen and oxygen atoms in total. The summed E-state index contributed by atoms with van der Waals surface area (Å²) in [4.78, 5) is 13.7. The van der Waals surface area contributed by atoms with Gasteiger partial charge in [0.15, 0.2) is 17.3 Å². The zero-order valence-corrected chi connectivity index (χ0v) is 19.6. The Morgan fingerprint density at radius 2 is 1.41 bits per heavy atom. The number of rotatable bonds is 5. The number of methoxy groups -OCH3 is 3. The number of fused-ring (bicyclic) bond motifs is 1. The van der Waals surface area contributed by atoms with Crippen molar-refractivity contribution in [2.75, 3.05) is 32.0 Å². The number of anilines is 2. The maximum atomic E-state index is 13.7. The van der Waals surface area contributed by atoms with Crippen molar-refractivity contribution in [3.8, 4) is 17.2 Å². The second-order valence-electron chi connectivity index (χ2n) is 8.54. The number of nitrogens with one attached hydrogen (secondary N) is 2. The fourth-order valence-corrected chi connectivity index (χ4v) is 4.97. The van der Waals surface area contributed by atoms with Crippen molar-refractivity contribution in [2.24, 2.45) is 0 Å². The Bertz CT molecular complexity index is 1230. The van der Waals surface area contributed by atoms with Crippen molar-refractivity contribution in [1.29, 1.82) is 0 Å². The molecule has 0 unspecified atom stereocenters. The average molecular weight is 457 g/mol. The van der Waals surface area contributed by atoms with E-state index in [2.05, 4.69) is 22.8 Å². The molecule has 34 heavy (non-hydrogen) atoms. The molecule has 0 radical (unpaired) electrons. The van der Waals surface area contributed by atoms with Crippen LogP contribution in [0.2, 0.25) is 0 Å². The molecule has 2 aliphatic rings. The van der Waals surface area contributed by atoms with Gasteiger partial charge >= 0.3 is 0 Å². The van der Waals surface area contributed by atoms with Crippen LogP contribution in [0.3, 0.4) is 0 Å². The van der Waals surface area contributed by atoms with E-state index in [4.69, 9.17) is 14.2 Å². The summed E-state index contributed by atoms with van der Waals surface area (Å²) in [6.45, 7) is 0. The number of hydrogen-bond donors (Lipinski definition) is 2. The Morgan fingerprint density at radius 3 is 2.06 bits per heavy atom. The predicted molar refractivity (Wildman–Crippen MR) is 133 cm³/mol. The van der Waals surface area contributed by atoms with Gasteiger partial charge in [-0.05, 0) is 47.7 Å². The third kappa shape index (κ3) is 3.85. The molecule has 0 bridgehead atoms. The SMILES string of the molecule is COc1cc([C@@H]2Nc3ccccc3NC3=C2C(=O)C[C@@H](c2ccccc2)C3)cc(OC)c1OC. The van der Waals surface area contributed by atoms with Crippen LogP contribution < -0.4 is 24.8 Å². The molecule has 0 saturated heterocycles. The molecule has 0 aromatic heterocycles. The van der Waals surface area contributed by atoms with Crippen LogP contribution in [0.25, 0.3) is 0 Å². The highest BCUT2D eigenvalue weighted by atomic mass is 16.5. The molecule has 174 valence electrons. The second-order valence-corrected chi connectivity index (χ2v) is 8.54. The summed E-state index contributed by atoms with van der Waals surface area (Å²) in [5.74, 6) is 1.88. The number of hydrogen-bond acceptors (Lipinski definition) is 6. The minimum absolute atomic E-state index is 0.127. The van der Waals surface area contributed by atoms with Gasteiger partial charge in [-0.3, -0.25) is 4.79 Å². The van der Waals surface area contributed by atoms with Crippen molar-refractivity contribution in [2.45, 2.75) is 24.8 Å². The molecule has 0 fully saturated rings. The normalized spacial score (nSPS) is 19.2. The number of ether oxygens (including phenoxy) is 3. The van der Waals surface area contributed by atoms with Crippen LogP contribution in [0.4, 0.5) is 11.4 Å². The highest BCUT2D eigenvalue weighted by Crippen LogP contribution is 2.47. The van der Waals surface area contributed by atoms with Crippen molar-refractivity contribution in [1.82, 2.24) is 0 Å². The first-order chi connectivity index (χ1) is 16.6. The predicted octanol–water partition coefficient (Wildman–Crippen LogP) is 5.69. The summed E-state index contributed by atoms with van der Waals surface area (Å²) in [5.41, 5.74) is 5.62. The lowest BCUT2D eigenvalue weighted by atomic mass is 9.78.